The lowest BCUT2D eigenvalue weighted by atomic mass is 9.90. The number of hydrogen-bond acceptors (Lipinski definition) is 4. The third-order valence-corrected chi connectivity index (χ3v) is 6.76. The first-order chi connectivity index (χ1) is 13.5. The predicted molar refractivity (Wildman–Crippen MR) is 93.6 cm³/mol. The fourth-order valence-electron chi connectivity index (χ4n) is 3.36. The van der Waals surface area contributed by atoms with Crippen LogP contribution in [0.3, 0.4) is 0 Å². The summed E-state index contributed by atoms with van der Waals surface area (Å²) in [5.74, 6) is -3.07. The van der Waals surface area contributed by atoms with Gasteiger partial charge in [-0.1, -0.05) is 6.07 Å². The highest BCUT2D eigenvalue weighted by molar-refractivity contribution is 7.91. The highest BCUT2D eigenvalue weighted by Crippen LogP contribution is 2.38. The van der Waals surface area contributed by atoms with Crippen molar-refractivity contribution in [3.63, 3.8) is 0 Å². The highest BCUT2D eigenvalue weighted by atomic mass is 32.2. The molecule has 156 valence electrons. The average Bonchev–Trinajstić information content (AvgIpc) is 2.62. The van der Waals surface area contributed by atoms with Crippen molar-refractivity contribution in [2.75, 3.05) is 5.75 Å². The van der Waals surface area contributed by atoms with E-state index in [2.05, 4.69) is 4.98 Å². The minimum Gasteiger partial charge on any atom is -0.300 e. The van der Waals surface area contributed by atoms with Gasteiger partial charge in [-0.05, 0) is 30.9 Å². The Hall–Kier alpha value is -2.36. The molecule has 0 N–H and O–H groups in total. The second-order valence-corrected chi connectivity index (χ2v) is 8.96. The molecule has 0 unspecified atom stereocenters. The van der Waals surface area contributed by atoms with Gasteiger partial charge in [0.05, 0.1) is 22.4 Å². The van der Waals surface area contributed by atoms with E-state index in [1.807, 2.05) is 0 Å². The van der Waals surface area contributed by atoms with E-state index < -0.39 is 55.5 Å². The lowest BCUT2D eigenvalue weighted by Crippen LogP contribution is -2.24. The number of aromatic nitrogens is 1. The molecule has 0 radical (unpaired) electrons. The zero-order valence-corrected chi connectivity index (χ0v) is 15.8. The van der Waals surface area contributed by atoms with Gasteiger partial charge in [-0.15, -0.1) is 0 Å². The maximum absolute atomic E-state index is 13.9. The van der Waals surface area contributed by atoms with E-state index in [1.54, 1.807) is 0 Å². The average molecular weight is 433 g/mol. The molecule has 4 nitrogen and oxygen atoms in total. The Balaban J connectivity index is 2.01. The molecule has 2 aromatic rings. The molecule has 1 aliphatic rings. The van der Waals surface area contributed by atoms with Crippen LogP contribution in [0.1, 0.15) is 31.2 Å². The Morgan fingerprint density at radius 3 is 2.31 bits per heavy atom. The van der Waals surface area contributed by atoms with Gasteiger partial charge in [0.15, 0.2) is 15.7 Å². The Morgan fingerprint density at radius 1 is 1.07 bits per heavy atom. The van der Waals surface area contributed by atoms with E-state index in [1.165, 1.54) is 0 Å². The summed E-state index contributed by atoms with van der Waals surface area (Å²) in [5.41, 5.74) is -2.28. The van der Waals surface area contributed by atoms with E-state index in [0.717, 1.165) is 12.1 Å². The maximum Gasteiger partial charge on any atom is 0.417 e. The van der Waals surface area contributed by atoms with Crippen LogP contribution in [0.2, 0.25) is 0 Å². The van der Waals surface area contributed by atoms with Crippen molar-refractivity contribution in [2.45, 2.75) is 36.8 Å². The van der Waals surface area contributed by atoms with E-state index in [4.69, 9.17) is 0 Å². The first kappa shape index (κ1) is 21.4. The number of halogens is 5. The van der Waals surface area contributed by atoms with Gasteiger partial charge in [-0.25, -0.2) is 17.2 Å². The summed E-state index contributed by atoms with van der Waals surface area (Å²) in [4.78, 5) is 13.8. The summed E-state index contributed by atoms with van der Waals surface area (Å²) < 4.78 is 93.1. The molecule has 0 aliphatic heterocycles. The van der Waals surface area contributed by atoms with Gasteiger partial charge in [0, 0.05) is 24.5 Å². The number of pyridine rings is 1. The quantitative estimate of drug-likeness (QED) is 0.663. The van der Waals surface area contributed by atoms with Crippen molar-refractivity contribution in [3.05, 3.63) is 47.7 Å². The first-order valence-electron chi connectivity index (χ1n) is 8.74. The Labute approximate surface area is 163 Å². The van der Waals surface area contributed by atoms with Crippen molar-refractivity contribution in [3.8, 4) is 11.3 Å². The predicted octanol–water partition coefficient (Wildman–Crippen LogP) is 4.58. The fraction of sp³-hybridized carbons (Fsp3) is 0.368. The normalized spacial score (nSPS) is 16.2. The zero-order chi connectivity index (χ0) is 21.4. The summed E-state index contributed by atoms with van der Waals surface area (Å²) in [6, 6.07) is 2.76. The lowest BCUT2D eigenvalue weighted by Gasteiger charge is -2.22. The largest absolute Gasteiger partial charge is 0.417 e. The minimum atomic E-state index is -5.02. The van der Waals surface area contributed by atoms with Crippen molar-refractivity contribution in [2.24, 2.45) is 5.92 Å². The van der Waals surface area contributed by atoms with Crippen LogP contribution in [0.5, 0.6) is 0 Å². The molecule has 29 heavy (non-hydrogen) atoms. The van der Waals surface area contributed by atoms with Crippen LogP contribution >= 0.6 is 0 Å². The molecule has 1 aromatic carbocycles. The second kappa shape index (κ2) is 7.81. The van der Waals surface area contributed by atoms with Gasteiger partial charge >= 0.3 is 6.18 Å². The van der Waals surface area contributed by atoms with Crippen LogP contribution in [0, 0.1) is 17.6 Å². The van der Waals surface area contributed by atoms with Gasteiger partial charge in [-0.3, -0.25) is 9.78 Å². The van der Waals surface area contributed by atoms with E-state index in [-0.39, 0.29) is 24.2 Å². The number of Topliss-reactive ketones (excluding diaryl/α,β-unsaturated/α-hetero) is 1. The number of ketones is 1. The van der Waals surface area contributed by atoms with Crippen LogP contribution < -0.4 is 0 Å². The summed E-state index contributed by atoms with van der Waals surface area (Å²) in [6.07, 6.45) is -3.33. The number of alkyl halides is 3. The Morgan fingerprint density at radius 2 is 1.72 bits per heavy atom. The highest BCUT2D eigenvalue weighted by Gasteiger charge is 2.38. The first-order valence-corrected chi connectivity index (χ1v) is 10.4. The molecule has 0 amide bonds. The molecular formula is C19H16F5NO3S. The van der Waals surface area contributed by atoms with Gasteiger partial charge in [0.2, 0.25) is 0 Å². The lowest BCUT2D eigenvalue weighted by molar-refractivity contribution is -0.139. The standard InChI is InChI=1S/C19H16F5NO3S/c20-13-8-16(21)18(25-9-13)12-3-6-17(15(7-12)19(22,23)24)29(27,28)10-11-1-4-14(26)5-2-11/h3,6-9,11H,1-2,4-5,10H2. The summed E-state index contributed by atoms with van der Waals surface area (Å²) >= 11 is 0. The fourth-order valence-corrected chi connectivity index (χ4v) is 5.28. The number of rotatable bonds is 4. The van der Waals surface area contributed by atoms with Crippen LogP contribution in [-0.4, -0.2) is 24.9 Å². The van der Waals surface area contributed by atoms with Crippen molar-refractivity contribution in [1.82, 2.24) is 4.98 Å². The van der Waals surface area contributed by atoms with Crippen LogP contribution in [0.4, 0.5) is 22.0 Å². The molecule has 1 saturated carbocycles. The van der Waals surface area contributed by atoms with E-state index >= 15 is 0 Å². The van der Waals surface area contributed by atoms with Gasteiger partial charge in [0.1, 0.15) is 17.3 Å². The van der Waals surface area contributed by atoms with Crippen LogP contribution in [-0.2, 0) is 20.8 Å². The van der Waals surface area contributed by atoms with Crippen LogP contribution in [0.15, 0.2) is 35.4 Å². The molecule has 0 saturated heterocycles. The molecule has 1 aliphatic carbocycles. The Kier molecular flexibility index (Phi) is 5.75. The molecule has 0 bridgehead atoms. The molecule has 0 atom stereocenters. The number of nitrogens with zero attached hydrogens (tertiary/aromatic N) is 1. The van der Waals surface area contributed by atoms with Crippen molar-refractivity contribution in [1.29, 1.82) is 0 Å². The molecule has 10 heteroatoms. The minimum absolute atomic E-state index is 0.00723. The summed E-state index contributed by atoms with van der Waals surface area (Å²) in [5, 5.41) is 0. The Bertz CT molecular complexity index is 1040. The number of carbonyl (C=O) groups is 1. The molecule has 3 rings (SSSR count). The summed E-state index contributed by atoms with van der Waals surface area (Å²) in [6.45, 7) is 0. The third-order valence-electron chi connectivity index (χ3n) is 4.82. The van der Waals surface area contributed by atoms with E-state index in [0.29, 0.717) is 31.2 Å². The molecular weight excluding hydrogens is 417 g/mol. The molecule has 1 fully saturated rings. The maximum atomic E-state index is 13.9. The van der Waals surface area contributed by atoms with Crippen LogP contribution in [0.25, 0.3) is 11.3 Å². The number of hydrogen-bond donors (Lipinski definition) is 0. The van der Waals surface area contributed by atoms with Crippen molar-refractivity contribution < 1.29 is 35.2 Å². The molecule has 1 heterocycles. The number of carbonyl (C=O) groups excluding carboxylic acids is 1. The monoisotopic (exact) mass is 433 g/mol. The topological polar surface area (TPSA) is 64.1 Å². The SMILES string of the molecule is O=C1CCC(CS(=O)(=O)c2ccc(-c3ncc(F)cc3F)cc2C(F)(F)F)CC1. The number of benzene rings is 1. The zero-order valence-electron chi connectivity index (χ0n) is 15.0. The van der Waals surface area contributed by atoms with Crippen molar-refractivity contribution >= 4 is 15.6 Å². The third kappa shape index (κ3) is 4.80. The molecule has 1 aromatic heterocycles. The second-order valence-electron chi connectivity index (χ2n) is 6.96. The van der Waals surface area contributed by atoms with Gasteiger partial charge in [-0.2, -0.15) is 13.2 Å². The van der Waals surface area contributed by atoms with Gasteiger partial charge < -0.3 is 0 Å². The van der Waals surface area contributed by atoms with Gasteiger partial charge in [0.25, 0.3) is 0 Å². The summed E-state index contributed by atoms with van der Waals surface area (Å²) in [7, 11) is -4.31. The van der Waals surface area contributed by atoms with E-state index in [9.17, 15) is 35.2 Å². The number of sulfone groups is 1. The smallest absolute Gasteiger partial charge is 0.300 e. The molecule has 0 spiro atoms.